The highest BCUT2D eigenvalue weighted by Crippen LogP contribution is 2.23. The monoisotopic (exact) mass is 405 g/mol. The fourth-order valence-electron chi connectivity index (χ4n) is 1.90. The third kappa shape index (κ3) is 6.19. The zero-order valence-corrected chi connectivity index (χ0v) is 15.7. The van der Waals surface area contributed by atoms with E-state index in [2.05, 4.69) is 31.5 Å². The molecular weight excluding hydrogens is 386 g/mol. The Hall–Kier alpha value is -2.41. The average molecular weight is 406 g/mol. The second-order valence-corrected chi connectivity index (χ2v) is 6.44. The molecule has 0 saturated heterocycles. The molecule has 2 rings (SSSR count). The molecule has 0 fully saturated rings. The summed E-state index contributed by atoms with van der Waals surface area (Å²) in [4.78, 5) is 27.7. The number of halogens is 1. The average Bonchev–Trinajstić information content (AvgIpc) is 2.60. The van der Waals surface area contributed by atoms with Gasteiger partial charge in [0.25, 0.3) is 0 Å². The van der Waals surface area contributed by atoms with Gasteiger partial charge in [0.2, 0.25) is 17.7 Å². The van der Waals surface area contributed by atoms with E-state index in [9.17, 15) is 9.59 Å². The predicted octanol–water partition coefficient (Wildman–Crippen LogP) is 3.74. The van der Waals surface area contributed by atoms with E-state index in [1.807, 2.05) is 38.1 Å². The van der Waals surface area contributed by atoms with Crippen LogP contribution in [0.25, 0.3) is 0 Å². The van der Waals surface area contributed by atoms with Crippen LogP contribution in [0.3, 0.4) is 0 Å². The van der Waals surface area contributed by atoms with Gasteiger partial charge < -0.3 is 15.4 Å². The number of carbonyl (C=O) groups is 2. The molecule has 1 atom stereocenters. The fraction of sp³-hybridized carbons (Fsp3) is 0.278. The van der Waals surface area contributed by atoms with Crippen molar-refractivity contribution >= 4 is 33.4 Å². The zero-order valence-electron chi connectivity index (χ0n) is 14.1. The fourth-order valence-corrected chi connectivity index (χ4v) is 2.28. The molecule has 1 aromatic carbocycles. The highest BCUT2D eigenvalue weighted by Gasteiger charge is 2.11. The number of ether oxygens (including phenoxy) is 1. The van der Waals surface area contributed by atoms with Gasteiger partial charge in [-0.15, -0.1) is 0 Å². The summed E-state index contributed by atoms with van der Waals surface area (Å²) in [7, 11) is 0. The minimum absolute atomic E-state index is 0.0700. The molecule has 2 N–H and O–H groups in total. The topological polar surface area (TPSA) is 80.3 Å². The first-order valence-electron chi connectivity index (χ1n) is 7.95. The number of anilines is 1. The second-order valence-electron chi connectivity index (χ2n) is 5.52. The van der Waals surface area contributed by atoms with Gasteiger partial charge in [-0.2, -0.15) is 0 Å². The lowest BCUT2D eigenvalue weighted by Gasteiger charge is -2.10. The first-order chi connectivity index (χ1) is 12.0. The van der Waals surface area contributed by atoms with Crippen LogP contribution in [0.1, 0.15) is 20.3 Å². The molecule has 0 saturated carbocycles. The second kappa shape index (κ2) is 9.17. The molecule has 0 bridgehead atoms. The molecule has 132 valence electrons. The first-order valence-corrected chi connectivity index (χ1v) is 8.74. The number of carbonyl (C=O) groups excluding carboxylic acids is 2. The van der Waals surface area contributed by atoms with Crippen molar-refractivity contribution < 1.29 is 14.3 Å². The lowest BCUT2D eigenvalue weighted by Crippen LogP contribution is -2.35. The normalized spacial score (nSPS) is 11.5. The number of benzene rings is 1. The highest BCUT2D eigenvalue weighted by atomic mass is 79.9. The Morgan fingerprint density at radius 1 is 1.28 bits per heavy atom. The number of nitrogens with zero attached hydrogens (tertiary/aromatic N) is 1. The number of rotatable bonds is 7. The van der Waals surface area contributed by atoms with Crippen LogP contribution in [0.15, 0.2) is 47.1 Å². The van der Waals surface area contributed by atoms with Crippen molar-refractivity contribution in [2.75, 3.05) is 11.9 Å². The summed E-state index contributed by atoms with van der Waals surface area (Å²) < 4.78 is 6.54. The molecule has 0 aliphatic rings. The van der Waals surface area contributed by atoms with Crippen molar-refractivity contribution in [1.82, 2.24) is 10.3 Å². The Balaban J connectivity index is 1.85. The van der Waals surface area contributed by atoms with Crippen molar-refractivity contribution in [2.45, 2.75) is 20.3 Å². The number of amides is 2. The minimum atomic E-state index is -0.306. The van der Waals surface area contributed by atoms with Gasteiger partial charge in [0.05, 0.1) is 18.4 Å². The van der Waals surface area contributed by atoms with Crippen LogP contribution in [0, 0.1) is 5.92 Å². The Bertz CT molecular complexity index is 735. The zero-order chi connectivity index (χ0) is 18.2. The third-order valence-electron chi connectivity index (χ3n) is 3.52. The molecule has 6 nitrogen and oxygen atoms in total. The molecule has 2 amide bonds. The molecule has 7 heteroatoms. The molecule has 0 aliphatic carbocycles. The van der Waals surface area contributed by atoms with E-state index in [-0.39, 0.29) is 24.3 Å². The molecular formula is C18H20BrN3O3. The van der Waals surface area contributed by atoms with E-state index in [1.165, 1.54) is 6.20 Å². The van der Waals surface area contributed by atoms with Gasteiger partial charge in [-0.1, -0.05) is 35.8 Å². The maximum Gasteiger partial charge on any atom is 0.243 e. The van der Waals surface area contributed by atoms with Crippen molar-refractivity contribution in [1.29, 1.82) is 0 Å². The van der Waals surface area contributed by atoms with Crippen molar-refractivity contribution in [3.8, 4) is 11.6 Å². The molecule has 0 radical (unpaired) electrons. The van der Waals surface area contributed by atoms with Crippen LogP contribution >= 0.6 is 15.9 Å². The van der Waals surface area contributed by atoms with E-state index in [1.54, 1.807) is 12.1 Å². The van der Waals surface area contributed by atoms with E-state index in [0.717, 1.165) is 10.9 Å². The molecule has 0 spiro atoms. The third-order valence-corrected chi connectivity index (χ3v) is 4.01. The largest absolute Gasteiger partial charge is 0.439 e. The summed E-state index contributed by atoms with van der Waals surface area (Å²) in [6.45, 7) is 3.67. The summed E-state index contributed by atoms with van der Waals surface area (Å²) in [6.07, 6.45) is 2.23. The van der Waals surface area contributed by atoms with Crippen LogP contribution in [0.4, 0.5) is 5.69 Å². The SMILES string of the molecule is CCC(C)C(=O)NCC(=O)Nc1ccc(Oc2cccc(Br)c2)nc1. The van der Waals surface area contributed by atoms with Gasteiger partial charge in [-0.25, -0.2) is 4.98 Å². The Labute approximate surface area is 155 Å². The smallest absolute Gasteiger partial charge is 0.243 e. The molecule has 1 heterocycles. The maximum atomic E-state index is 11.9. The molecule has 1 aromatic heterocycles. The first kappa shape index (κ1) is 18.9. The Morgan fingerprint density at radius 2 is 2.08 bits per heavy atom. The van der Waals surface area contributed by atoms with Crippen LogP contribution in [-0.4, -0.2) is 23.3 Å². The minimum Gasteiger partial charge on any atom is -0.439 e. The summed E-state index contributed by atoms with van der Waals surface area (Å²) in [5.74, 6) is 0.532. The van der Waals surface area contributed by atoms with Gasteiger partial charge in [-0.05, 0) is 30.7 Å². The van der Waals surface area contributed by atoms with E-state index in [0.29, 0.717) is 17.3 Å². The van der Waals surface area contributed by atoms with Gasteiger partial charge in [0.1, 0.15) is 5.75 Å². The van der Waals surface area contributed by atoms with E-state index in [4.69, 9.17) is 4.74 Å². The highest BCUT2D eigenvalue weighted by molar-refractivity contribution is 9.10. The number of hydrogen-bond acceptors (Lipinski definition) is 4. The van der Waals surface area contributed by atoms with Gasteiger partial charge in [0, 0.05) is 16.5 Å². The Morgan fingerprint density at radius 3 is 2.72 bits per heavy atom. The summed E-state index contributed by atoms with van der Waals surface area (Å²) in [5, 5.41) is 5.28. The number of aromatic nitrogens is 1. The quantitative estimate of drug-likeness (QED) is 0.734. The van der Waals surface area contributed by atoms with Crippen molar-refractivity contribution in [3.05, 3.63) is 47.1 Å². The lowest BCUT2D eigenvalue weighted by atomic mass is 10.1. The van der Waals surface area contributed by atoms with Gasteiger partial charge in [-0.3, -0.25) is 9.59 Å². The van der Waals surface area contributed by atoms with Crippen LogP contribution < -0.4 is 15.4 Å². The van der Waals surface area contributed by atoms with Crippen LogP contribution in [0.5, 0.6) is 11.6 Å². The summed E-state index contributed by atoms with van der Waals surface area (Å²) in [5.41, 5.74) is 0.532. The molecule has 25 heavy (non-hydrogen) atoms. The Kier molecular flexibility index (Phi) is 6.94. The van der Waals surface area contributed by atoms with Gasteiger partial charge >= 0.3 is 0 Å². The van der Waals surface area contributed by atoms with Crippen LogP contribution in [0.2, 0.25) is 0 Å². The molecule has 1 unspecified atom stereocenters. The van der Waals surface area contributed by atoms with E-state index < -0.39 is 0 Å². The number of pyridine rings is 1. The number of hydrogen-bond donors (Lipinski definition) is 2. The molecule has 0 aliphatic heterocycles. The van der Waals surface area contributed by atoms with Crippen molar-refractivity contribution in [3.63, 3.8) is 0 Å². The predicted molar refractivity (Wildman–Crippen MR) is 99.5 cm³/mol. The van der Waals surface area contributed by atoms with Gasteiger partial charge in [0.15, 0.2) is 0 Å². The van der Waals surface area contributed by atoms with Crippen molar-refractivity contribution in [2.24, 2.45) is 5.92 Å². The summed E-state index contributed by atoms with van der Waals surface area (Å²) >= 11 is 3.37. The molecule has 2 aromatic rings. The number of nitrogens with one attached hydrogen (secondary N) is 2. The lowest BCUT2D eigenvalue weighted by molar-refractivity contribution is -0.126. The standard InChI is InChI=1S/C18H20BrN3O3/c1-3-12(2)18(24)21-11-16(23)22-14-7-8-17(20-10-14)25-15-6-4-5-13(19)9-15/h4-10,12H,3,11H2,1-2H3,(H,21,24)(H,22,23). The summed E-state index contributed by atoms with van der Waals surface area (Å²) in [6, 6.07) is 10.8. The van der Waals surface area contributed by atoms with Crippen LogP contribution in [-0.2, 0) is 9.59 Å². The van der Waals surface area contributed by atoms with E-state index >= 15 is 0 Å². The maximum absolute atomic E-state index is 11.9.